The average molecular weight is 265 g/mol. The lowest BCUT2D eigenvalue weighted by atomic mass is 9.14. The minimum atomic E-state index is 0.692. The molecule has 1 N–H and O–H groups in total. The highest BCUT2D eigenvalue weighted by Crippen LogP contribution is 3.25. The standard InChI is InChI=1S/C19H23N/c1-7-10-8-4-5-16-13-11-12-15(16,3)17(18(8,13)16)6-9(20-11)14(7,2)19(10,12)17/h7-13,20H,4-6H2,1-3H3/t7?,8-,9?,10?,11?,12?,13?,14?,15?,16?,17?,18?,19+/m0/s1. The minimum absolute atomic E-state index is 0.692. The summed E-state index contributed by atoms with van der Waals surface area (Å²) in [6.07, 6.45) is 4.86. The molecule has 1 heterocycles. The van der Waals surface area contributed by atoms with Crippen LogP contribution < -0.4 is 5.32 Å². The molecule has 8 aliphatic carbocycles. The zero-order valence-corrected chi connectivity index (χ0v) is 12.7. The SMILES string of the molecule is CC1C2[C@@H]3CCC45C6C7NC8CC9(C4(C)C7[C@@]29C81C)C635. The predicted molar refractivity (Wildman–Crippen MR) is 73.6 cm³/mol. The fourth-order valence-corrected chi connectivity index (χ4v) is 14.4. The molecule has 9 fully saturated rings. The third-order valence-electron chi connectivity index (χ3n) is 13.1. The summed E-state index contributed by atoms with van der Waals surface area (Å²) in [6.45, 7) is 8.18. The van der Waals surface area contributed by atoms with Gasteiger partial charge in [0.1, 0.15) is 0 Å². The van der Waals surface area contributed by atoms with Gasteiger partial charge in [-0.3, -0.25) is 0 Å². The van der Waals surface area contributed by atoms with Crippen molar-refractivity contribution < 1.29 is 0 Å². The highest BCUT2D eigenvalue weighted by Gasteiger charge is 3.24. The Morgan fingerprint density at radius 1 is 1.10 bits per heavy atom. The molecule has 104 valence electrons. The van der Waals surface area contributed by atoms with Crippen LogP contribution >= 0.6 is 0 Å². The second-order valence-electron chi connectivity index (χ2n) is 11.0. The lowest BCUT2D eigenvalue weighted by Gasteiger charge is -2.90. The topological polar surface area (TPSA) is 12.0 Å². The molecule has 0 aromatic rings. The minimum Gasteiger partial charge on any atom is -0.310 e. The first-order valence-electron chi connectivity index (χ1n) is 9.32. The maximum Gasteiger partial charge on any atom is 0.0149 e. The molecule has 1 aliphatic heterocycles. The zero-order chi connectivity index (χ0) is 12.9. The van der Waals surface area contributed by atoms with E-state index in [-0.39, 0.29) is 0 Å². The van der Waals surface area contributed by atoms with E-state index in [1.807, 2.05) is 0 Å². The van der Waals surface area contributed by atoms with Gasteiger partial charge in [0.05, 0.1) is 0 Å². The third-order valence-corrected chi connectivity index (χ3v) is 13.1. The van der Waals surface area contributed by atoms with Crippen molar-refractivity contribution in [2.75, 3.05) is 0 Å². The molecule has 0 aromatic heterocycles. The van der Waals surface area contributed by atoms with Crippen molar-refractivity contribution in [3.63, 3.8) is 0 Å². The fourth-order valence-electron chi connectivity index (χ4n) is 14.4. The van der Waals surface area contributed by atoms with Crippen molar-refractivity contribution in [2.45, 2.75) is 52.1 Å². The van der Waals surface area contributed by atoms with Gasteiger partial charge in [0.25, 0.3) is 0 Å². The van der Waals surface area contributed by atoms with E-state index in [4.69, 9.17) is 0 Å². The summed E-state index contributed by atoms with van der Waals surface area (Å²) in [4.78, 5) is 0. The number of piperidine rings is 1. The fraction of sp³-hybridized carbons (Fsp3) is 1.00. The van der Waals surface area contributed by atoms with Crippen LogP contribution in [-0.2, 0) is 0 Å². The van der Waals surface area contributed by atoms with Gasteiger partial charge in [-0.15, -0.1) is 0 Å². The number of rotatable bonds is 0. The van der Waals surface area contributed by atoms with E-state index in [2.05, 4.69) is 26.1 Å². The van der Waals surface area contributed by atoms with Gasteiger partial charge in [0, 0.05) is 12.1 Å². The van der Waals surface area contributed by atoms with Gasteiger partial charge in [-0.1, -0.05) is 20.8 Å². The first-order chi connectivity index (χ1) is 9.56. The number of nitrogens with one attached hydrogen (secondary N) is 1. The van der Waals surface area contributed by atoms with E-state index >= 15 is 0 Å². The van der Waals surface area contributed by atoms with E-state index < -0.39 is 0 Å². The summed E-state index contributed by atoms with van der Waals surface area (Å²) >= 11 is 0. The Kier molecular flexibility index (Phi) is 0.755. The summed E-state index contributed by atoms with van der Waals surface area (Å²) < 4.78 is 0. The van der Waals surface area contributed by atoms with Gasteiger partial charge in [-0.05, 0) is 81.3 Å². The number of hydrogen-bond acceptors (Lipinski definition) is 1. The molecule has 1 heteroatoms. The molecule has 1 saturated heterocycles. The summed E-state index contributed by atoms with van der Waals surface area (Å²) in [6, 6.07) is 1.88. The van der Waals surface area contributed by atoms with Crippen LogP contribution in [0, 0.1) is 62.1 Å². The van der Waals surface area contributed by atoms with Crippen molar-refractivity contribution in [3.05, 3.63) is 0 Å². The molecular weight excluding hydrogens is 242 g/mol. The Morgan fingerprint density at radius 2 is 1.95 bits per heavy atom. The van der Waals surface area contributed by atoms with E-state index in [1.54, 1.807) is 19.3 Å². The number of hydrogen-bond donors (Lipinski definition) is 1. The van der Waals surface area contributed by atoms with Crippen LogP contribution in [0.4, 0.5) is 0 Å². The van der Waals surface area contributed by atoms with Crippen molar-refractivity contribution in [3.8, 4) is 0 Å². The molecular formula is C19H23N. The summed E-state index contributed by atoms with van der Waals surface area (Å²) in [5.41, 5.74) is 5.00. The molecule has 0 radical (unpaired) electrons. The van der Waals surface area contributed by atoms with Crippen molar-refractivity contribution in [1.82, 2.24) is 5.32 Å². The molecule has 13 atom stereocenters. The van der Waals surface area contributed by atoms with E-state index in [0.29, 0.717) is 5.41 Å². The van der Waals surface area contributed by atoms with Gasteiger partial charge in [0.2, 0.25) is 0 Å². The van der Waals surface area contributed by atoms with Crippen LogP contribution in [0.15, 0.2) is 0 Å². The summed E-state index contributed by atoms with van der Waals surface area (Å²) in [5, 5.41) is 4.29. The number of fused-ring (bicyclic) bond motifs is 2. The molecule has 4 spiro atoms. The lowest BCUT2D eigenvalue weighted by molar-refractivity contribution is -0.439. The molecule has 20 heavy (non-hydrogen) atoms. The Balaban J connectivity index is 1.58. The molecule has 2 bridgehead atoms. The van der Waals surface area contributed by atoms with Gasteiger partial charge < -0.3 is 5.32 Å². The van der Waals surface area contributed by atoms with Crippen molar-refractivity contribution >= 4 is 0 Å². The first-order valence-corrected chi connectivity index (χ1v) is 9.32. The smallest absolute Gasteiger partial charge is 0.0149 e. The maximum absolute atomic E-state index is 4.29. The zero-order valence-electron chi connectivity index (χ0n) is 12.7. The van der Waals surface area contributed by atoms with Crippen molar-refractivity contribution in [2.24, 2.45) is 62.1 Å². The quantitative estimate of drug-likeness (QED) is 0.710. The largest absolute Gasteiger partial charge is 0.310 e. The summed E-state index contributed by atoms with van der Waals surface area (Å²) in [5.74, 6) is 5.63. The van der Waals surface area contributed by atoms with Crippen LogP contribution in [-0.4, -0.2) is 12.1 Å². The molecule has 9 aliphatic rings. The normalized spacial score (nSPS) is 101. The van der Waals surface area contributed by atoms with Gasteiger partial charge in [0.15, 0.2) is 0 Å². The average Bonchev–Trinajstić information content (AvgIpc) is 2.85. The van der Waals surface area contributed by atoms with Crippen LogP contribution in [0.1, 0.15) is 40.0 Å². The highest BCUT2D eigenvalue weighted by molar-refractivity contribution is 5.71. The second-order valence-corrected chi connectivity index (χ2v) is 11.0. The lowest BCUT2D eigenvalue weighted by Crippen LogP contribution is -2.90. The van der Waals surface area contributed by atoms with Crippen molar-refractivity contribution in [1.29, 1.82) is 0 Å². The Labute approximate surface area is 120 Å². The Morgan fingerprint density at radius 3 is 2.80 bits per heavy atom. The van der Waals surface area contributed by atoms with Crippen LogP contribution in [0.5, 0.6) is 0 Å². The van der Waals surface area contributed by atoms with Gasteiger partial charge >= 0.3 is 0 Å². The third kappa shape index (κ3) is 0.301. The van der Waals surface area contributed by atoms with E-state index in [1.165, 1.54) is 5.92 Å². The molecule has 9 rings (SSSR count). The van der Waals surface area contributed by atoms with Crippen LogP contribution in [0.25, 0.3) is 0 Å². The van der Waals surface area contributed by atoms with E-state index in [9.17, 15) is 0 Å². The summed E-state index contributed by atoms with van der Waals surface area (Å²) in [7, 11) is 0. The molecule has 0 amide bonds. The second kappa shape index (κ2) is 1.65. The highest BCUT2D eigenvalue weighted by atomic mass is 15.3. The molecule has 11 unspecified atom stereocenters. The Bertz CT molecular complexity index is 729. The first kappa shape index (κ1) is 9.18. The van der Waals surface area contributed by atoms with Gasteiger partial charge in [-0.25, -0.2) is 0 Å². The van der Waals surface area contributed by atoms with Crippen LogP contribution in [0.3, 0.4) is 0 Å². The molecule has 1 nitrogen and oxygen atoms in total. The molecule has 0 aromatic carbocycles. The monoisotopic (exact) mass is 265 g/mol. The molecule has 8 saturated carbocycles. The Hall–Kier alpha value is -0.0400. The predicted octanol–water partition coefficient (Wildman–Crippen LogP) is 2.67. The van der Waals surface area contributed by atoms with Gasteiger partial charge in [-0.2, -0.15) is 0 Å². The van der Waals surface area contributed by atoms with Crippen LogP contribution in [0.2, 0.25) is 0 Å². The van der Waals surface area contributed by atoms with E-state index in [0.717, 1.165) is 62.8 Å². The maximum atomic E-state index is 4.29.